The molecule has 1 heterocycles. The zero-order valence-electron chi connectivity index (χ0n) is 11.9. The highest BCUT2D eigenvalue weighted by molar-refractivity contribution is 5.43. The van der Waals surface area contributed by atoms with Gasteiger partial charge in [-0.05, 0) is 36.0 Å². The van der Waals surface area contributed by atoms with Gasteiger partial charge in [0.05, 0.1) is 12.4 Å². The third-order valence-corrected chi connectivity index (χ3v) is 5.34. The molecule has 1 aromatic heterocycles. The molecule has 1 aromatic rings. The van der Waals surface area contributed by atoms with Crippen LogP contribution in [0.2, 0.25) is 0 Å². The fourth-order valence-electron chi connectivity index (χ4n) is 4.32. The van der Waals surface area contributed by atoms with Crippen molar-refractivity contribution in [1.29, 1.82) is 0 Å². The number of nitrogens with zero attached hydrogens (tertiary/aromatic N) is 2. The van der Waals surface area contributed by atoms with Crippen LogP contribution in [0.1, 0.15) is 40.0 Å². The molecular formula is C14H23N5. The average Bonchev–Trinajstić information content (AvgIpc) is 2.86. The van der Waals surface area contributed by atoms with E-state index in [1.165, 1.54) is 19.3 Å². The third kappa shape index (κ3) is 1.87. The second-order valence-corrected chi connectivity index (χ2v) is 6.93. The van der Waals surface area contributed by atoms with Crippen LogP contribution in [-0.2, 0) is 0 Å². The van der Waals surface area contributed by atoms with Crippen molar-refractivity contribution in [3.63, 3.8) is 0 Å². The van der Waals surface area contributed by atoms with Crippen LogP contribution >= 0.6 is 0 Å². The first kappa shape index (κ1) is 12.7. The normalized spacial score (nSPS) is 35.4. The second kappa shape index (κ2) is 4.07. The van der Waals surface area contributed by atoms with Gasteiger partial charge >= 0.3 is 0 Å². The van der Waals surface area contributed by atoms with E-state index in [-0.39, 0.29) is 0 Å². The van der Waals surface area contributed by atoms with Gasteiger partial charge in [0.1, 0.15) is 5.82 Å². The van der Waals surface area contributed by atoms with Crippen molar-refractivity contribution in [2.45, 2.75) is 46.1 Å². The Morgan fingerprint density at radius 1 is 1.26 bits per heavy atom. The number of fused-ring (bicyclic) bond motifs is 2. The van der Waals surface area contributed by atoms with E-state index < -0.39 is 0 Å². The average molecular weight is 261 g/mol. The Balaban J connectivity index is 1.86. The van der Waals surface area contributed by atoms with Crippen molar-refractivity contribution in [3.05, 3.63) is 12.4 Å². The molecule has 0 aromatic carbocycles. The molecule has 2 aliphatic carbocycles. The number of hydrogen-bond donors (Lipinski definition) is 3. The van der Waals surface area contributed by atoms with Gasteiger partial charge in [0, 0.05) is 6.04 Å². The van der Waals surface area contributed by atoms with E-state index in [4.69, 9.17) is 5.84 Å². The molecule has 5 heteroatoms. The largest absolute Gasteiger partial charge is 0.365 e. The van der Waals surface area contributed by atoms with Crippen molar-refractivity contribution in [2.24, 2.45) is 22.6 Å². The predicted molar refractivity (Wildman–Crippen MR) is 76.5 cm³/mol. The number of hydrogen-bond acceptors (Lipinski definition) is 5. The molecule has 0 spiro atoms. The minimum absolute atomic E-state index is 0.306. The van der Waals surface area contributed by atoms with Crippen LogP contribution in [0.15, 0.2) is 12.4 Å². The fourth-order valence-corrected chi connectivity index (χ4v) is 4.32. The molecule has 19 heavy (non-hydrogen) atoms. The van der Waals surface area contributed by atoms with Gasteiger partial charge in [0.2, 0.25) is 0 Å². The molecule has 104 valence electrons. The summed E-state index contributed by atoms with van der Waals surface area (Å²) in [5.74, 6) is 7.61. The maximum Gasteiger partial charge on any atom is 0.160 e. The molecule has 2 fully saturated rings. The topological polar surface area (TPSA) is 75.9 Å². The molecule has 0 radical (unpaired) electrons. The summed E-state index contributed by atoms with van der Waals surface area (Å²) < 4.78 is 0. The first-order valence-corrected chi connectivity index (χ1v) is 7.01. The lowest BCUT2D eigenvalue weighted by molar-refractivity contribution is 0.155. The first-order chi connectivity index (χ1) is 8.95. The van der Waals surface area contributed by atoms with E-state index in [2.05, 4.69) is 41.5 Å². The monoisotopic (exact) mass is 261 g/mol. The van der Waals surface area contributed by atoms with Crippen LogP contribution in [0.3, 0.4) is 0 Å². The summed E-state index contributed by atoms with van der Waals surface area (Å²) in [6, 6.07) is 0.445. The maximum atomic E-state index is 5.39. The van der Waals surface area contributed by atoms with E-state index in [1.54, 1.807) is 12.4 Å². The number of nitrogens with two attached hydrogens (primary N) is 1. The van der Waals surface area contributed by atoms with E-state index in [0.717, 1.165) is 11.7 Å². The second-order valence-electron chi connectivity index (χ2n) is 6.93. The van der Waals surface area contributed by atoms with Crippen LogP contribution in [0, 0.1) is 16.7 Å². The molecule has 3 atom stereocenters. The van der Waals surface area contributed by atoms with Gasteiger partial charge in [-0.25, -0.2) is 10.8 Å². The molecule has 2 bridgehead atoms. The highest BCUT2D eigenvalue weighted by Crippen LogP contribution is 2.62. The molecule has 0 amide bonds. The highest BCUT2D eigenvalue weighted by atomic mass is 15.3. The smallest absolute Gasteiger partial charge is 0.160 e. The van der Waals surface area contributed by atoms with Gasteiger partial charge in [-0.3, -0.25) is 4.98 Å². The van der Waals surface area contributed by atoms with Gasteiger partial charge < -0.3 is 10.7 Å². The van der Waals surface area contributed by atoms with Crippen LogP contribution in [-0.4, -0.2) is 16.0 Å². The Hall–Kier alpha value is -1.36. The van der Waals surface area contributed by atoms with Crippen LogP contribution in [0.5, 0.6) is 0 Å². The lowest BCUT2D eigenvalue weighted by atomic mass is 9.68. The van der Waals surface area contributed by atoms with Crippen molar-refractivity contribution >= 4 is 11.6 Å². The first-order valence-electron chi connectivity index (χ1n) is 7.01. The summed E-state index contributed by atoms with van der Waals surface area (Å²) in [5.41, 5.74) is 3.23. The van der Waals surface area contributed by atoms with E-state index in [9.17, 15) is 0 Å². The SMILES string of the molecule is CC12CCC(C1)C(C)(C)C2Nc1cncc(NN)n1. The number of nitrogen functional groups attached to an aromatic ring is 1. The molecule has 2 aliphatic rings. The van der Waals surface area contributed by atoms with Crippen molar-refractivity contribution < 1.29 is 0 Å². The molecular weight excluding hydrogens is 238 g/mol. The summed E-state index contributed by atoms with van der Waals surface area (Å²) in [5, 5.41) is 3.61. The summed E-state index contributed by atoms with van der Waals surface area (Å²) in [4.78, 5) is 8.59. The van der Waals surface area contributed by atoms with Gasteiger partial charge in [0.15, 0.2) is 5.82 Å². The van der Waals surface area contributed by atoms with Gasteiger partial charge in [-0.1, -0.05) is 20.8 Å². The van der Waals surface area contributed by atoms with Crippen LogP contribution in [0.25, 0.3) is 0 Å². The zero-order valence-corrected chi connectivity index (χ0v) is 11.9. The Kier molecular flexibility index (Phi) is 2.71. The van der Waals surface area contributed by atoms with Crippen molar-refractivity contribution in [2.75, 3.05) is 10.7 Å². The van der Waals surface area contributed by atoms with E-state index in [0.29, 0.717) is 22.7 Å². The molecule has 4 N–H and O–H groups in total. The lowest BCUT2D eigenvalue weighted by Gasteiger charge is -2.43. The lowest BCUT2D eigenvalue weighted by Crippen LogP contribution is -2.46. The molecule has 5 nitrogen and oxygen atoms in total. The molecule has 0 saturated heterocycles. The Bertz CT molecular complexity index is 482. The van der Waals surface area contributed by atoms with Crippen LogP contribution < -0.4 is 16.6 Å². The van der Waals surface area contributed by atoms with Gasteiger partial charge in [0.25, 0.3) is 0 Å². The highest BCUT2D eigenvalue weighted by Gasteiger charge is 2.59. The number of anilines is 2. The minimum atomic E-state index is 0.306. The number of hydrazine groups is 1. The Morgan fingerprint density at radius 3 is 2.63 bits per heavy atom. The molecule has 3 rings (SSSR count). The van der Waals surface area contributed by atoms with Crippen LogP contribution in [0.4, 0.5) is 11.6 Å². The molecule has 2 saturated carbocycles. The quantitative estimate of drug-likeness (QED) is 0.575. The number of rotatable bonds is 3. The molecule has 3 unspecified atom stereocenters. The molecule has 0 aliphatic heterocycles. The standard InChI is InChI=1S/C14H23N5/c1-13(2)9-4-5-14(3,6-9)12(13)18-10-7-16-8-11(17-10)19-15/h7-9,12H,4-6,15H2,1-3H3,(H2,17,18,19). The maximum absolute atomic E-state index is 5.39. The summed E-state index contributed by atoms with van der Waals surface area (Å²) in [6.07, 6.45) is 7.38. The summed E-state index contributed by atoms with van der Waals surface area (Å²) in [7, 11) is 0. The van der Waals surface area contributed by atoms with Crippen molar-refractivity contribution in [3.8, 4) is 0 Å². The minimum Gasteiger partial charge on any atom is -0.365 e. The fraction of sp³-hybridized carbons (Fsp3) is 0.714. The number of aromatic nitrogens is 2. The van der Waals surface area contributed by atoms with E-state index in [1.807, 2.05) is 0 Å². The predicted octanol–water partition coefficient (Wildman–Crippen LogP) is 2.39. The van der Waals surface area contributed by atoms with Gasteiger partial charge in [-0.15, -0.1) is 0 Å². The van der Waals surface area contributed by atoms with E-state index >= 15 is 0 Å². The zero-order chi connectivity index (χ0) is 13.7. The third-order valence-electron chi connectivity index (χ3n) is 5.34. The summed E-state index contributed by atoms with van der Waals surface area (Å²) >= 11 is 0. The Labute approximate surface area is 114 Å². The summed E-state index contributed by atoms with van der Waals surface area (Å²) in [6.45, 7) is 7.15. The van der Waals surface area contributed by atoms with Gasteiger partial charge in [-0.2, -0.15) is 0 Å². The number of nitrogens with one attached hydrogen (secondary N) is 2. The Morgan fingerprint density at radius 2 is 2.00 bits per heavy atom. The van der Waals surface area contributed by atoms with Crippen molar-refractivity contribution in [1.82, 2.24) is 9.97 Å².